The fourth-order valence-corrected chi connectivity index (χ4v) is 3.49. The Hall–Kier alpha value is -2.67. The number of ether oxygens (including phenoxy) is 1. The summed E-state index contributed by atoms with van der Waals surface area (Å²) in [6.07, 6.45) is 1.52. The van der Waals surface area contributed by atoms with E-state index < -0.39 is 11.8 Å². The van der Waals surface area contributed by atoms with E-state index >= 15 is 0 Å². The number of nitrogens with zero attached hydrogens (tertiary/aromatic N) is 1. The van der Waals surface area contributed by atoms with Gasteiger partial charge in [-0.25, -0.2) is 5.43 Å². The van der Waals surface area contributed by atoms with Crippen LogP contribution in [-0.2, 0) is 9.59 Å². The van der Waals surface area contributed by atoms with Gasteiger partial charge in [0.2, 0.25) is 5.91 Å². The van der Waals surface area contributed by atoms with Crippen LogP contribution in [-0.4, -0.2) is 31.7 Å². The average molecular weight is 416 g/mol. The smallest absolute Gasteiger partial charge is 0.253 e. The quantitative estimate of drug-likeness (QED) is 0.447. The molecule has 1 aliphatic heterocycles. The second-order valence-corrected chi connectivity index (χ2v) is 6.72. The lowest BCUT2D eigenvalue weighted by molar-refractivity contribution is -0.133. The Morgan fingerprint density at radius 3 is 2.77 bits per heavy atom. The molecule has 2 amide bonds. The Kier molecular flexibility index (Phi) is 5.68. The summed E-state index contributed by atoms with van der Waals surface area (Å²) in [6.45, 7) is 0.441. The highest BCUT2D eigenvalue weighted by Crippen LogP contribution is 2.29. The second kappa shape index (κ2) is 8.14. The number of hydrazone groups is 1. The van der Waals surface area contributed by atoms with E-state index in [0.717, 1.165) is 15.6 Å². The summed E-state index contributed by atoms with van der Waals surface area (Å²) < 4.78 is 5.96. The van der Waals surface area contributed by atoms with Crippen LogP contribution in [0.25, 0.3) is 0 Å². The molecule has 26 heavy (non-hydrogen) atoms. The fraction of sp³-hybridized carbons (Fsp3) is 0.211. The van der Waals surface area contributed by atoms with Gasteiger partial charge < -0.3 is 10.1 Å². The van der Waals surface area contributed by atoms with Crippen LogP contribution in [0.3, 0.4) is 0 Å². The number of carbonyl (C=O) groups is 2. The summed E-state index contributed by atoms with van der Waals surface area (Å²) >= 11 is 3.40. The number of methoxy groups -OCH3 is 1. The van der Waals surface area contributed by atoms with Crippen molar-refractivity contribution in [1.82, 2.24) is 10.7 Å². The standard InChI is InChI=1S/C19H18BrN3O3/c1-26-16-8-7-12(9-15(16)20)10-22-23-19(25)17-14(11-21-18(17)24)13-5-3-2-4-6-13/h2-10,14,17H,11H2,1H3,(H,21,24)(H,23,25)/b22-10-. The zero-order chi connectivity index (χ0) is 18.5. The monoisotopic (exact) mass is 415 g/mol. The van der Waals surface area contributed by atoms with E-state index in [1.54, 1.807) is 13.2 Å². The summed E-state index contributed by atoms with van der Waals surface area (Å²) in [4.78, 5) is 24.6. The maximum absolute atomic E-state index is 12.5. The Labute approximate surface area is 159 Å². The number of carbonyl (C=O) groups excluding carboxylic acids is 2. The average Bonchev–Trinajstić information content (AvgIpc) is 3.04. The highest BCUT2D eigenvalue weighted by Gasteiger charge is 2.40. The first-order valence-electron chi connectivity index (χ1n) is 8.09. The minimum atomic E-state index is -0.794. The van der Waals surface area contributed by atoms with Crippen molar-refractivity contribution >= 4 is 34.0 Å². The molecule has 1 saturated heterocycles. The van der Waals surface area contributed by atoms with Gasteiger partial charge in [0.05, 0.1) is 17.8 Å². The maximum Gasteiger partial charge on any atom is 0.253 e. The highest BCUT2D eigenvalue weighted by atomic mass is 79.9. The third kappa shape index (κ3) is 3.94. The van der Waals surface area contributed by atoms with Gasteiger partial charge in [-0.3, -0.25) is 9.59 Å². The van der Waals surface area contributed by atoms with Crippen molar-refractivity contribution in [2.75, 3.05) is 13.7 Å². The molecule has 2 aromatic rings. The number of hydrogen-bond donors (Lipinski definition) is 2. The molecule has 1 heterocycles. The molecule has 3 rings (SSSR count). The normalized spacial score (nSPS) is 19.4. The van der Waals surface area contributed by atoms with Gasteiger partial charge in [-0.2, -0.15) is 5.10 Å². The number of benzene rings is 2. The van der Waals surface area contributed by atoms with Crippen LogP contribution in [0.4, 0.5) is 0 Å². The van der Waals surface area contributed by atoms with E-state index in [1.165, 1.54) is 6.21 Å². The van der Waals surface area contributed by atoms with Crippen molar-refractivity contribution < 1.29 is 14.3 Å². The van der Waals surface area contributed by atoms with Crippen LogP contribution in [0.5, 0.6) is 5.75 Å². The van der Waals surface area contributed by atoms with Gasteiger partial charge in [0, 0.05) is 12.5 Å². The van der Waals surface area contributed by atoms with Crippen molar-refractivity contribution in [1.29, 1.82) is 0 Å². The molecule has 6 nitrogen and oxygen atoms in total. The lowest BCUT2D eigenvalue weighted by atomic mass is 9.88. The Morgan fingerprint density at radius 1 is 1.31 bits per heavy atom. The molecule has 0 radical (unpaired) electrons. The van der Waals surface area contributed by atoms with E-state index in [9.17, 15) is 9.59 Å². The van der Waals surface area contributed by atoms with Crippen molar-refractivity contribution in [2.24, 2.45) is 11.0 Å². The number of amides is 2. The largest absolute Gasteiger partial charge is 0.496 e. The van der Waals surface area contributed by atoms with Crippen LogP contribution in [0.1, 0.15) is 17.0 Å². The third-order valence-electron chi connectivity index (χ3n) is 4.26. The van der Waals surface area contributed by atoms with E-state index in [1.807, 2.05) is 42.5 Å². The molecule has 2 atom stereocenters. The number of nitrogens with one attached hydrogen (secondary N) is 2. The van der Waals surface area contributed by atoms with Crippen molar-refractivity contribution in [3.05, 3.63) is 64.1 Å². The van der Waals surface area contributed by atoms with Crippen molar-refractivity contribution in [2.45, 2.75) is 5.92 Å². The van der Waals surface area contributed by atoms with Crippen LogP contribution < -0.4 is 15.5 Å². The van der Waals surface area contributed by atoms with E-state index in [4.69, 9.17) is 4.74 Å². The van der Waals surface area contributed by atoms with Gasteiger partial charge in [0.25, 0.3) is 5.91 Å². The number of rotatable bonds is 5. The van der Waals surface area contributed by atoms with E-state index in [2.05, 4.69) is 31.8 Å². The molecule has 1 aliphatic rings. The summed E-state index contributed by atoms with van der Waals surface area (Å²) in [7, 11) is 1.59. The first kappa shape index (κ1) is 18.1. The highest BCUT2D eigenvalue weighted by molar-refractivity contribution is 9.10. The van der Waals surface area contributed by atoms with Gasteiger partial charge in [-0.15, -0.1) is 0 Å². The zero-order valence-electron chi connectivity index (χ0n) is 14.1. The summed E-state index contributed by atoms with van der Waals surface area (Å²) in [5, 5.41) is 6.73. The first-order valence-corrected chi connectivity index (χ1v) is 8.88. The maximum atomic E-state index is 12.5. The molecule has 2 N–H and O–H groups in total. The molecule has 0 spiro atoms. The van der Waals surface area contributed by atoms with Crippen LogP contribution in [0.15, 0.2) is 58.1 Å². The van der Waals surface area contributed by atoms with E-state index in [0.29, 0.717) is 12.3 Å². The minimum Gasteiger partial charge on any atom is -0.496 e. The Bertz CT molecular complexity index is 839. The lowest BCUT2D eigenvalue weighted by Crippen LogP contribution is -2.34. The molecule has 0 aliphatic carbocycles. The summed E-state index contributed by atoms with van der Waals surface area (Å²) in [6, 6.07) is 15.0. The Balaban J connectivity index is 1.68. The Morgan fingerprint density at radius 2 is 2.08 bits per heavy atom. The summed E-state index contributed by atoms with van der Waals surface area (Å²) in [5.41, 5.74) is 4.21. The zero-order valence-corrected chi connectivity index (χ0v) is 15.7. The molecule has 134 valence electrons. The van der Waals surface area contributed by atoms with Gasteiger partial charge in [-0.1, -0.05) is 30.3 Å². The topological polar surface area (TPSA) is 79.8 Å². The molecule has 0 saturated carbocycles. The molecular weight excluding hydrogens is 398 g/mol. The van der Waals surface area contributed by atoms with Crippen LogP contribution in [0.2, 0.25) is 0 Å². The second-order valence-electron chi connectivity index (χ2n) is 5.87. The first-order chi connectivity index (χ1) is 12.6. The van der Waals surface area contributed by atoms with Gasteiger partial charge in [0.15, 0.2) is 0 Å². The van der Waals surface area contributed by atoms with Crippen LogP contribution >= 0.6 is 15.9 Å². The molecule has 1 fully saturated rings. The third-order valence-corrected chi connectivity index (χ3v) is 4.88. The van der Waals surface area contributed by atoms with Gasteiger partial charge in [-0.05, 0) is 45.3 Å². The SMILES string of the molecule is COc1ccc(/C=N\NC(=O)C2C(=O)NCC2c2ccccc2)cc1Br. The molecule has 0 aromatic heterocycles. The van der Waals surface area contributed by atoms with Gasteiger partial charge >= 0.3 is 0 Å². The predicted octanol–water partition coefficient (Wildman–Crippen LogP) is 2.44. The molecule has 2 aromatic carbocycles. The molecular formula is C19H18BrN3O3. The van der Waals surface area contributed by atoms with Crippen molar-refractivity contribution in [3.63, 3.8) is 0 Å². The van der Waals surface area contributed by atoms with E-state index in [-0.39, 0.29) is 11.8 Å². The molecule has 7 heteroatoms. The fourth-order valence-electron chi connectivity index (χ4n) is 2.94. The summed E-state index contributed by atoms with van der Waals surface area (Å²) in [5.74, 6) is -0.984. The molecule has 2 unspecified atom stereocenters. The number of hydrogen-bond acceptors (Lipinski definition) is 4. The minimum absolute atomic E-state index is 0.200. The lowest BCUT2D eigenvalue weighted by Gasteiger charge is -2.15. The predicted molar refractivity (Wildman–Crippen MR) is 102 cm³/mol. The van der Waals surface area contributed by atoms with Gasteiger partial charge in [0.1, 0.15) is 11.7 Å². The van der Waals surface area contributed by atoms with Crippen LogP contribution in [0, 0.1) is 5.92 Å². The van der Waals surface area contributed by atoms with Crippen molar-refractivity contribution in [3.8, 4) is 5.75 Å². The molecule has 0 bridgehead atoms. The number of halogens is 1.